The van der Waals surface area contributed by atoms with E-state index in [9.17, 15) is 9.18 Å². The highest BCUT2D eigenvalue weighted by Gasteiger charge is 2.04. The molecule has 0 aromatic heterocycles. The van der Waals surface area contributed by atoms with Gasteiger partial charge in [-0.1, -0.05) is 17.8 Å². The molecule has 0 unspecified atom stereocenters. The van der Waals surface area contributed by atoms with Gasteiger partial charge in [0.05, 0.1) is 5.75 Å². The second-order valence-electron chi connectivity index (χ2n) is 2.81. The van der Waals surface area contributed by atoms with Crippen LogP contribution in [0.2, 0.25) is 0 Å². The number of thioether (sulfide) groups is 1. The fourth-order valence-electron chi connectivity index (χ4n) is 0.940. The largest absolute Gasteiger partial charge is 0.377 e. The average Bonchev–Trinajstić information content (AvgIpc) is 2.26. The minimum Gasteiger partial charge on any atom is -0.377 e. The Labute approximate surface area is 96.1 Å². The quantitative estimate of drug-likeness (QED) is 0.314. The molecule has 16 heavy (non-hydrogen) atoms. The lowest BCUT2D eigenvalue weighted by Crippen LogP contribution is -2.18. The Morgan fingerprint density at radius 2 is 2.31 bits per heavy atom. The maximum atomic E-state index is 12.8. The van der Waals surface area contributed by atoms with Gasteiger partial charge in [-0.2, -0.15) is 5.10 Å². The number of halogens is 1. The molecule has 0 fully saturated rings. The molecule has 0 aliphatic heterocycles. The summed E-state index contributed by atoms with van der Waals surface area (Å²) in [4.78, 5) is 11.3. The first-order valence-electron chi connectivity index (χ1n) is 4.33. The average molecular weight is 242 g/mol. The minimum atomic E-state index is -0.409. The number of nitrogens with two attached hydrogens (primary N) is 2. The number of amides is 1. The van der Waals surface area contributed by atoms with Crippen molar-refractivity contribution in [2.75, 3.05) is 11.1 Å². The third-order valence-electron chi connectivity index (χ3n) is 1.59. The van der Waals surface area contributed by atoms with Crippen LogP contribution < -0.4 is 16.9 Å². The van der Waals surface area contributed by atoms with Gasteiger partial charge >= 0.3 is 0 Å². The fourth-order valence-corrected chi connectivity index (χ4v) is 1.37. The van der Waals surface area contributed by atoms with E-state index in [1.807, 2.05) is 0 Å². The highest BCUT2D eigenvalue weighted by Crippen LogP contribution is 2.09. The zero-order valence-corrected chi connectivity index (χ0v) is 9.13. The third kappa shape index (κ3) is 4.18. The summed E-state index contributed by atoms with van der Waals surface area (Å²) in [5.41, 5.74) is 5.68. The molecule has 0 saturated carbocycles. The van der Waals surface area contributed by atoms with Gasteiger partial charge in [-0.25, -0.2) is 4.39 Å². The summed E-state index contributed by atoms with van der Waals surface area (Å²) in [6.07, 6.45) is 0. The topological polar surface area (TPSA) is 93.5 Å². The van der Waals surface area contributed by atoms with Crippen molar-refractivity contribution < 1.29 is 9.18 Å². The van der Waals surface area contributed by atoms with Gasteiger partial charge in [-0.05, 0) is 18.2 Å². The second kappa shape index (κ2) is 5.96. The van der Waals surface area contributed by atoms with E-state index in [4.69, 9.17) is 11.6 Å². The number of rotatable bonds is 3. The number of carbonyl (C=O) groups excluding carboxylic acids is 1. The number of nitrogens with one attached hydrogen (secondary N) is 1. The molecular formula is C9H11FN4OS. The van der Waals surface area contributed by atoms with E-state index in [1.54, 1.807) is 6.07 Å². The van der Waals surface area contributed by atoms with E-state index < -0.39 is 5.82 Å². The highest BCUT2D eigenvalue weighted by atomic mass is 32.2. The molecule has 0 radical (unpaired) electrons. The van der Waals surface area contributed by atoms with Gasteiger partial charge in [0, 0.05) is 5.69 Å². The molecule has 0 saturated heterocycles. The molecule has 5 N–H and O–H groups in total. The predicted octanol–water partition coefficient (Wildman–Crippen LogP) is 0.686. The smallest absolute Gasteiger partial charge is 0.234 e. The lowest BCUT2D eigenvalue weighted by Gasteiger charge is -2.04. The van der Waals surface area contributed by atoms with Crippen LogP contribution >= 0.6 is 11.8 Å². The van der Waals surface area contributed by atoms with E-state index in [0.717, 1.165) is 11.8 Å². The molecule has 1 aromatic rings. The molecule has 0 spiro atoms. The molecule has 1 rings (SSSR count). The molecule has 1 aromatic carbocycles. The number of carbonyl (C=O) groups is 1. The normalized spacial score (nSPS) is 11.2. The maximum absolute atomic E-state index is 12.8. The first-order valence-corrected chi connectivity index (χ1v) is 5.32. The van der Waals surface area contributed by atoms with Crippen molar-refractivity contribution in [2.24, 2.45) is 16.7 Å². The van der Waals surface area contributed by atoms with Crippen LogP contribution in [0.1, 0.15) is 0 Å². The summed E-state index contributed by atoms with van der Waals surface area (Å²) in [5.74, 6) is 4.25. The van der Waals surface area contributed by atoms with Crippen molar-refractivity contribution in [2.45, 2.75) is 0 Å². The molecule has 0 heterocycles. The molecule has 1 amide bonds. The lowest BCUT2D eigenvalue weighted by atomic mass is 10.3. The van der Waals surface area contributed by atoms with Gasteiger partial charge in [0.25, 0.3) is 0 Å². The monoisotopic (exact) mass is 242 g/mol. The number of nitrogens with zero attached hydrogens (tertiary/aromatic N) is 1. The van der Waals surface area contributed by atoms with Gasteiger partial charge in [0.2, 0.25) is 5.91 Å². The van der Waals surface area contributed by atoms with Crippen LogP contribution in [0.4, 0.5) is 10.1 Å². The Bertz CT molecular complexity index is 410. The SMILES string of the molecule is NN=C(N)SCC(=O)Nc1cccc(F)c1. The van der Waals surface area contributed by atoms with Crippen molar-refractivity contribution in [3.63, 3.8) is 0 Å². The van der Waals surface area contributed by atoms with Crippen molar-refractivity contribution in [3.05, 3.63) is 30.1 Å². The van der Waals surface area contributed by atoms with Crippen LogP contribution in [-0.4, -0.2) is 16.8 Å². The molecule has 5 nitrogen and oxygen atoms in total. The second-order valence-corrected chi connectivity index (χ2v) is 3.81. The Morgan fingerprint density at radius 1 is 1.56 bits per heavy atom. The molecule has 0 aliphatic rings. The standard InChI is InChI=1S/C9H11FN4OS/c10-6-2-1-3-7(4-6)13-8(15)5-16-9(11)14-12/h1-4H,5,12H2,(H2,11,14)(H,13,15). The van der Waals surface area contributed by atoms with Gasteiger partial charge < -0.3 is 16.9 Å². The van der Waals surface area contributed by atoms with Crippen LogP contribution in [0.5, 0.6) is 0 Å². The van der Waals surface area contributed by atoms with Gasteiger partial charge in [0.15, 0.2) is 5.17 Å². The number of benzene rings is 1. The Balaban J connectivity index is 2.46. The maximum Gasteiger partial charge on any atom is 0.234 e. The number of hydrogen-bond acceptors (Lipinski definition) is 4. The van der Waals surface area contributed by atoms with Gasteiger partial charge in [0.1, 0.15) is 5.82 Å². The number of amidine groups is 1. The predicted molar refractivity (Wildman–Crippen MR) is 63.3 cm³/mol. The van der Waals surface area contributed by atoms with Crippen LogP contribution in [0.25, 0.3) is 0 Å². The summed E-state index contributed by atoms with van der Waals surface area (Å²) >= 11 is 1.00. The summed E-state index contributed by atoms with van der Waals surface area (Å²) in [7, 11) is 0. The van der Waals surface area contributed by atoms with Crippen LogP contribution in [-0.2, 0) is 4.79 Å². The van der Waals surface area contributed by atoms with Crippen LogP contribution in [0.15, 0.2) is 29.4 Å². The van der Waals surface area contributed by atoms with E-state index in [0.29, 0.717) is 5.69 Å². The number of anilines is 1. The molecule has 0 atom stereocenters. The first kappa shape index (κ1) is 12.3. The lowest BCUT2D eigenvalue weighted by molar-refractivity contribution is -0.113. The third-order valence-corrected chi connectivity index (χ3v) is 2.39. The molecule has 0 aliphatic carbocycles. The highest BCUT2D eigenvalue weighted by molar-refractivity contribution is 8.14. The minimum absolute atomic E-state index is 0.0725. The fraction of sp³-hybridized carbons (Fsp3) is 0.111. The Kier molecular flexibility index (Phi) is 4.59. The molecular weight excluding hydrogens is 231 g/mol. The molecule has 0 bridgehead atoms. The summed E-state index contributed by atoms with van der Waals surface area (Å²) < 4.78 is 12.8. The van der Waals surface area contributed by atoms with Crippen molar-refractivity contribution >= 4 is 28.5 Å². The zero-order valence-electron chi connectivity index (χ0n) is 8.31. The van der Waals surface area contributed by atoms with Gasteiger partial charge in [-0.3, -0.25) is 4.79 Å². The molecule has 86 valence electrons. The number of hydrogen-bond donors (Lipinski definition) is 3. The van der Waals surface area contributed by atoms with Gasteiger partial charge in [-0.15, -0.1) is 0 Å². The van der Waals surface area contributed by atoms with E-state index in [2.05, 4.69) is 10.4 Å². The van der Waals surface area contributed by atoms with E-state index in [-0.39, 0.29) is 16.8 Å². The summed E-state index contributed by atoms with van der Waals surface area (Å²) in [5, 5.41) is 5.83. The first-order chi connectivity index (χ1) is 7.61. The van der Waals surface area contributed by atoms with E-state index >= 15 is 0 Å². The molecule has 7 heteroatoms. The van der Waals surface area contributed by atoms with Crippen LogP contribution in [0, 0.1) is 5.82 Å². The Morgan fingerprint density at radius 3 is 2.94 bits per heavy atom. The zero-order chi connectivity index (χ0) is 12.0. The van der Waals surface area contributed by atoms with Crippen molar-refractivity contribution in [1.29, 1.82) is 0 Å². The number of hydrazone groups is 1. The van der Waals surface area contributed by atoms with Crippen molar-refractivity contribution in [3.8, 4) is 0 Å². The summed E-state index contributed by atoms with van der Waals surface area (Å²) in [6.45, 7) is 0. The summed E-state index contributed by atoms with van der Waals surface area (Å²) in [6, 6.07) is 5.62. The Hall–Kier alpha value is -1.76. The van der Waals surface area contributed by atoms with Crippen molar-refractivity contribution in [1.82, 2.24) is 0 Å². The van der Waals surface area contributed by atoms with E-state index in [1.165, 1.54) is 18.2 Å². The van der Waals surface area contributed by atoms with Crippen LogP contribution in [0.3, 0.4) is 0 Å².